The summed E-state index contributed by atoms with van der Waals surface area (Å²) >= 11 is 0. The van der Waals surface area contributed by atoms with E-state index < -0.39 is 0 Å². The van der Waals surface area contributed by atoms with Crippen LogP contribution in [0.25, 0.3) is 0 Å². The Morgan fingerprint density at radius 1 is 1.33 bits per heavy atom. The number of H-pyrrole nitrogens is 1. The molecule has 2 N–H and O–H groups in total. The Hall–Kier alpha value is -0.900. The molecule has 0 spiro atoms. The average Bonchev–Trinajstić information content (AvgIpc) is 2.68. The first kappa shape index (κ1) is 10.6. The molecule has 1 aromatic rings. The van der Waals surface area contributed by atoms with Crippen LogP contribution in [0.1, 0.15) is 37.8 Å². The van der Waals surface area contributed by atoms with Gasteiger partial charge in [0.05, 0.1) is 0 Å². The molecule has 2 heterocycles. The van der Waals surface area contributed by atoms with Crippen molar-refractivity contribution in [2.24, 2.45) is 5.92 Å². The third-order valence-corrected chi connectivity index (χ3v) is 2.99. The number of aromatic amines is 1. The van der Waals surface area contributed by atoms with Crippen LogP contribution in [-0.2, 0) is 12.8 Å². The van der Waals surface area contributed by atoms with Crippen LogP contribution in [0.4, 0.5) is 0 Å². The summed E-state index contributed by atoms with van der Waals surface area (Å²) in [4.78, 5) is 4.51. The van der Waals surface area contributed by atoms with Crippen LogP contribution in [0, 0.1) is 5.92 Å². The molecule has 4 nitrogen and oxygen atoms in total. The van der Waals surface area contributed by atoms with Crippen molar-refractivity contribution >= 4 is 0 Å². The average molecular weight is 208 g/mol. The van der Waals surface area contributed by atoms with E-state index in [0.29, 0.717) is 0 Å². The number of hydrogen-bond donors (Lipinski definition) is 2. The molecule has 0 amide bonds. The Kier molecular flexibility index (Phi) is 3.72. The van der Waals surface area contributed by atoms with E-state index in [9.17, 15) is 0 Å². The van der Waals surface area contributed by atoms with Crippen LogP contribution in [-0.4, -0.2) is 28.3 Å². The van der Waals surface area contributed by atoms with Crippen LogP contribution in [0.2, 0.25) is 0 Å². The van der Waals surface area contributed by atoms with E-state index in [2.05, 4.69) is 27.4 Å². The molecule has 0 saturated carbocycles. The Labute approximate surface area is 90.9 Å². The fourth-order valence-electron chi connectivity index (χ4n) is 2.12. The van der Waals surface area contributed by atoms with Gasteiger partial charge in [0.15, 0.2) is 5.82 Å². The minimum absolute atomic E-state index is 0.786. The van der Waals surface area contributed by atoms with E-state index in [1.165, 1.54) is 12.8 Å². The normalized spacial score (nSPS) is 18.2. The predicted octanol–water partition coefficient (Wildman–Crippen LogP) is 1.30. The van der Waals surface area contributed by atoms with E-state index in [0.717, 1.165) is 49.9 Å². The van der Waals surface area contributed by atoms with Crippen molar-refractivity contribution in [2.45, 2.75) is 39.0 Å². The van der Waals surface area contributed by atoms with Crippen LogP contribution < -0.4 is 5.32 Å². The summed E-state index contributed by atoms with van der Waals surface area (Å²) in [6.07, 6.45) is 5.71. The maximum Gasteiger partial charge on any atom is 0.150 e. The number of nitrogens with one attached hydrogen (secondary N) is 2. The number of aromatic nitrogens is 3. The minimum atomic E-state index is 0.786. The summed E-state index contributed by atoms with van der Waals surface area (Å²) in [6.45, 7) is 4.46. The molecule has 0 atom stereocenters. The maximum absolute atomic E-state index is 4.51. The molecule has 0 unspecified atom stereocenters. The van der Waals surface area contributed by atoms with Crippen molar-refractivity contribution in [3.05, 3.63) is 11.6 Å². The van der Waals surface area contributed by atoms with Crippen LogP contribution in [0.3, 0.4) is 0 Å². The van der Waals surface area contributed by atoms with E-state index >= 15 is 0 Å². The minimum Gasteiger partial charge on any atom is -0.317 e. The van der Waals surface area contributed by atoms with Gasteiger partial charge in [-0.3, -0.25) is 5.10 Å². The number of nitrogens with zero attached hydrogens (tertiary/aromatic N) is 2. The molecule has 2 rings (SSSR count). The monoisotopic (exact) mass is 208 g/mol. The van der Waals surface area contributed by atoms with Gasteiger partial charge in [0.2, 0.25) is 0 Å². The molecule has 1 aromatic heterocycles. The zero-order valence-electron chi connectivity index (χ0n) is 9.42. The van der Waals surface area contributed by atoms with E-state index in [4.69, 9.17) is 0 Å². The van der Waals surface area contributed by atoms with Crippen LogP contribution in [0.15, 0.2) is 0 Å². The summed E-state index contributed by atoms with van der Waals surface area (Å²) in [5, 5.41) is 10.7. The van der Waals surface area contributed by atoms with Gasteiger partial charge < -0.3 is 5.32 Å². The van der Waals surface area contributed by atoms with Gasteiger partial charge in [0.25, 0.3) is 0 Å². The first-order valence-corrected chi connectivity index (χ1v) is 5.99. The molecule has 1 aliphatic heterocycles. The molecule has 1 aliphatic rings. The van der Waals surface area contributed by atoms with Gasteiger partial charge in [0.1, 0.15) is 5.82 Å². The van der Waals surface area contributed by atoms with E-state index in [1.807, 2.05) is 0 Å². The van der Waals surface area contributed by atoms with Crippen molar-refractivity contribution in [3.8, 4) is 0 Å². The molecule has 0 aromatic carbocycles. The maximum atomic E-state index is 4.51. The fourth-order valence-corrected chi connectivity index (χ4v) is 2.12. The lowest BCUT2D eigenvalue weighted by Gasteiger charge is -2.21. The topological polar surface area (TPSA) is 53.6 Å². The lowest BCUT2D eigenvalue weighted by Crippen LogP contribution is -2.28. The zero-order valence-corrected chi connectivity index (χ0v) is 9.42. The summed E-state index contributed by atoms with van der Waals surface area (Å²) in [7, 11) is 0. The van der Waals surface area contributed by atoms with E-state index in [1.54, 1.807) is 0 Å². The molecule has 4 heteroatoms. The third kappa shape index (κ3) is 3.02. The highest BCUT2D eigenvalue weighted by Gasteiger charge is 2.15. The molecule has 1 fully saturated rings. The standard InChI is InChI=1S/C11H20N4/c1-2-3-10-13-11(15-14-10)8-9-4-6-12-7-5-9/h9,12H,2-8H2,1H3,(H,13,14,15). The second kappa shape index (κ2) is 5.26. The Bertz CT molecular complexity index is 289. The van der Waals surface area contributed by atoms with Gasteiger partial charge in [0, 0.05) is 12.8 Å². The zero-order chi connectivity index (χ0) is 10.5. The molecule has 1 saturated heterocycles. The third-order valence-electron chi connectivity index (χ3n) is 2.99. The number of aryl methyl sites for hydroxylation is 1. The van der Waals surface area contributed by atoms with E-state index in [-0.39, 0.29) is 0 Å². The molecular formula is C11H20N4. The summed E-state index contributed by atoms with van der Waals surface area (Å²) in [5.41, 5.74) is 0. The number of piperidine rings is 1. The first-order valence-electron chi connectivity index (χ1n) is 5.99. The molecule has 0 radical (unpaired) electrons. The smallest absolute Gasteiger partial charge is 0.150 e. The van der Waals surface area contributed by atoms with Gasteiger partial charge in [-0.2, -0.15) is 5.10 Å². The van der Waals surface area contributed by atoms with Crippen LogP contribution >= 0.6 is 0 Å². The molecule has 84 valence electrons. The van der Waals surface area contributed by atoms with Gasteiger partial charge in [-0.25, -0.2) is 4.98 Å². The Morgan fingerprint density at radius 3 is 2.87 bits per heavy atom. The second-order valence-corrected chi connectivity index (χ2v) is 4.35. The predicted molar refractivity (Wildman–Crippen MR) is 59.7 cm³/mol. The Morgan fingerprint density at radius 2 is 2.13 bits per heavy atom. The highest BCUT2D eigenvalue weighted by atomic mass is 15.2. The second-order valence-electron chi connectivity index (χ2n) is 4.35. The fraction of sp³-hybridized carbons (Fsp3) is 0.818. The molecule has 0 aliphatic carbocycles. The van der Waals surface area contributed by atoms with Crippen LogP contribution in [0.5, 0.6) is 0 Å². The van der Waals surface area contributed by atoms with Gasteiger partial charge in [-0.05, 0) is 38.3 Å². The summed E-state index contributed by atoms with van der Waals surface area (Å²) in [5.74, 6) is 2.83. The largest absolute Gasteiger partial charge is 0.317 e. The lowest BCUT2D eigenvalue weighted by atomic mass is 9.94. The highest BCUT2D eigenvalue weighted by molar-refractivity contribution is 4.92. The van der Waals surface area contributed by atoms with Crippen molar-refractivity contribution in [1.29, 1.82) is 0 Å². The summed E-state index contributed by atoms with van der Waals surface area (Å²) in [6, 6.07) is 0. The van der Waals surface area contributed by atoms with Crippen molar-refractivity contribution in [1.82, 2.24) is 20.5 Å². The highest BCUT2D eigenvalue weighted by Crippen LogP contribution is 2.15. The Balaban J connectivity index is 1.86. The molecule has 0 bridgehead atoms. The number of hydrogen-bond acceptors (Lipinski definition) is 3. The quantitative estimate of drug-likeness (QED) is 0.784. The SMILES string of the molecule is CCCc1n[nH]c(CC2CCNCC2)n1. The molecule has 15 heavy (non-hydrogen) atoms. The number of rotatable bonds is 4. The van der Waals surface area contributed by atoms with Crippen molar-refractivity contribution in [3.63, 3.8) is 0 Å². The first-order chi connectivity index (χ1) is 7.38. The molecular weight excluding hydrogens is 188 g/mol. The lowest BCUT2D eigenvalue weighted by molar-refractivity contribution is 0.367. The van der Waals surface area contributed by atoms with Gasteiger partial charge >= 0.3 is 0 Å². The van der Waals surface area contributed by atoms with Crippen molar-refractivity contribution in [2.75, 3.05) is 13.1 Å². The van der Waals surface area contributed by atoms with Crippen molar-refractivity contribution < 1.29 is 0 Å². The summed E-state index contributed by atoms with van der Waals surface area (Å²) < 4.78 is 0. The van der Waals surface area contributed by atoms with Gasteiger partial charge in [-0.15, -0.1) is 0 Å². The van der Waals surface area contributed by atoms with Gasteiger partial charge in [-0.1, -0.05) is 6.92 Å².